The van der Waals surface area contributed by atoms with E-state index in [0.29, 0.717) is 25.2 Å². The molecule has 17 heteroatoms. The highest BCUT2D eigenvalue weighted by Crippen LogP contribution is 2.35. The van der Waals surface area contributed by atoms with Crippen molar-refractivity contribution < 1.29 is 49.4 Å². The minimum absolute atomic E-state index is 0.138. The molecule has 0 atom stereocenters. The van der Waals surface area contributed by atoms with Gasteiger partial charge in [-0.05, 0) is 18.2 Å². The molecule has 3 aromatic rings. The van der Waals surface area contributed by atoms with Crippen molar-refractivity contribution in [1.29, 1.82) is 0 Å². The van der Waals surface area contributed by atoms with Gasteiger partial charge in [0.25, 0.3) is 0 Å². The second-order valence-corrected chi connectivity index (χ2v) is 7.30. The molecule has 1 fully saturated rings. The first-order chi connectivity index (χ1) is 16.6. The van der Waals surface area contributed by atoms with Crippen LogP contribution in [0.4, 0.5) is 51.3 Å². The van der Waals surface area contributed by atoms with Crippen molar-refractivity contribution in [2.24, 2.45) is 0 Å². The van der Waals surface area contributed by atoms with Crippen molar-refractivity contribution in [1.82, 2.24) is 19.9 Å². The van der Waals surface area contributed by atoms with Gasteiger partial charge in [0.15, 0.2) is 5.65 Å². The number of rotatable bonds is 2. The van der Waals surface area contributed by atoms with Crippen molar-refractivity contribution in [3.8, 4) is 0 Å². The first-order valence-electron chi connectivity index (χ1n) is 9.82. The highest BCUT2D eigenvalue weighted by molar-refractivity contribution is 5.74. The summed E-state index contributed by atoms with van der Waals surface area (Å²) in [4.78, 5) is 26.8. The molecular formula is C19H15F9N6O2. The predicted octanol–water partition coefficient (Wildman–Crippen LogP) is 4.35. The molecule has 0 aromatic carbocycles. The van der Waals surface area contributed by atoms with Crippen molar-refractivity contribution >= 4 is 28.9 Å². The van der Waals surface area contributed by atoms with Crippen LogP contribution in [0.2, 0.25) is 0 Å². The molecule has 8 nitrogen and oxygen atoms in total. The van der Waals surface area contributed by atoms with Gasteiger partial charge >= 0.3 is 24.5 Å². The van der Waals surface area contributed by atoms with Crippen LogP contribution in [-0.2, 0) is 17.1 Å². The molecule has 0 saturated carbocycles. The SMILES string of the molecule is FC(F)(F)c1cnc2nc(N3CCN(c4ncccc4C(F)(F)F)CC3)[nH]c2c1.O=C(O)C(F)(F)F. The van der Waals surface area contributed by atoms with Gasteiger partial charge in [-0.25, -0.2) is 14.8 Å². The number of carboxylic acids is 1. The minimum Gasteiger partial charge on any atom is -0.475 e. The molecule has 4 heterocycles. The number of hydrogen-bond donors (Lipinski definition) is 2. The smallest absolute Gasteiger partial charge is 0.475 e. The largest absolute Gasteiger partial charge is 0.490 e. The van der Waals surface area contributed by atoms with Crippen LogP contribution in [0.3, 0.4) is 0 Å². The average Bonchev–Trinajstić information content (AvgIpc) is 3.21. The lowest BCUT2D eigenvalue weighted by Gasteiger charge is -2.36. The lowest BCUT2D eigenvalue weighted by molar-refractivity contribution is -0.192. The molecule has 36 heavy (non-hydrogen) atoms. The van der Waals surface area contributed by atoms with Gasteiger partial charge in [-0.15, -0.1) is 0 Å². The number of H-pyrrole nitrogens is 1. The number of nitrogens with zero attached hydrogens (tertiary/aromatic N) is 5. The van der Waals surface area contributed by atoms with E-state index in [0.717, 1.165) is 12.1 Å². The van der Waals surface area contributed by atoms with E-state index in [-0.39, 0.29) is 30.1 Å². The summed E-state index contributed by atoms with van der Waals surface area (Å²) in [5, 5.41) is 7.12. The Kier molecular flexibility index (Phi) is 7.22. The first kappa shape index (κ1) is 26.8. The number of piperazine rings is 1. The van der Waals surface area contributed by atoms with Gasteiger partial charge in [-0.3, -0.25) is 0 Å². The zero-order valence-corrected chi connectivity index (χ0v) is 17.7. The molecule has 0 amide bonds. The number of hydrogen-bond acceptors (Lipinski definition) is 6. The third-order valence-electron chi connectivity index (χ3n) is 4.87. The Balaban J connectivity index is 0.000000454. The summed E-state index contributed by atoms with van der Waals surface area (Å²) in [7, 11) is 0. The third-order valence-corrected chi connectivity index (χ3v) is 4.87. The Labute approximate surface area is 195 Å². The summed E-state index contributed by atoms with van der Waals surface area (Å²) >= 11 is 0. The molecule has 0 radical (unpaired) electrons. The average molecular weight is 530 g/mol. The summed E-state index contributed by atoms with van der Waals surface area (Å²) in [6.07, 6.45) is -12.1. The summed E-state index contributed by atoms with van der Waals surface area (Å²) < 4.78 is 110. The number of carboxylic acid groups (broad SMARTS) is 1. The quantitative estimate of drug-likeness (QED) is 0.476. The Morgan fingerprint density at radius 2 is 1.50 bits per heavy atom. The standard InChI is InChI=1S/C17H14F6N6.C2HF3O2/c18-16(19,20)10-8-12-13(25-9-10)27-15(26-12)29-6-4-28(5-7-29)14-11(17(21,22)23)2-1-3-24-14;3-2(4,5)1(6)7/h1-3,8-9H,4-7H2,(H,25,26,27);(H,6,7). The minimum atomic E-state index is -5.08. The van der Waals surface area contributed by atoms with Crippen LogP contribution >= 0.6 is 0 Å². The van der Waals surface area contributed by atoms with Gasteiger partial charge in [-0.1, -0.05) is 0 Å². The van der Waals surface area contributed by atoms with Crippen LogP contribution in [0.5, 0.6) is 0 Å². The van der Waals surface area contributed by atoms with Gasteiger partial charge in [0, 0.05) is 38.6 Å². The predicted molar refractivity (Wildman–Crippen MR) is 106 cm³/mol. The van der Waals surface area contributed by atoms with Crippen molar-refractivity contribution in [3.05, 3.63) is 41.7 Å². The van der Waals surface area contributed by atoms with E-state index in [1.165, 1.54) is 17.2 Å². The number of aliphatic carboxylic acids is 1. The molecule has 0 aliphatic carbocycles. The molecule has 3 aromatic heterocycles. The second kappa shape index (κ2) is 9.69. The van der Waals surface area contributed by atoms with Crippen molar-refractivity contribution in [2.75, 3.05) is 36.0 Å². The van der Waals surface area contributed by atoms with E-state index in [4.69, 9.17) is 9.90 Å². The Bertz CT molecular complexity index is 1210. The highest BCUT2D eigenvalue weighted by Gasteiger charge is 2.38. The van der Waals surface area contributed by atoms with E-state index >= 15 is 0 Å². The highest BCUT2D eigenvalue weighted by atomic mass is 19.4. The lowest BCUT2D eigenvalue weighted by Crippen LogP contribution is -2.47. The molecule has 0 unspecified atom stereocenters. The third kappa shape index (κ3) is 6.25. The summed E-state index contributed by atoms with van der Waals surface area (Å²) in [5.41, 5.74) is -1.42. The summed E-state index contributed by atoms with van der Waals surface area (Å²) in [5.74, 6) is -2.57. The zero-order chi connectivity index (χ0) is 26.9. The monoisotopic (exact) mass is 530 g/mol. The Morgan fingerprint density at radius 1 is 0.917 bits per heavy atom. The molecule has 1 aliphatic rings. The van der Waals surface area contributed by atoms with E-state index in [2.05, 4.69) is 19.9 Å². The van der Waals surface area contributed by atoms with Crippen molar-refractivity contribution in [3.63, 3.8) is 0 Å². The lowest BCUT2D eigenvalue weighted by atomic mass is 10.2. The number of alkyl halides is 9. The van der Waals surface area contributed by atoms with Crippen LogP contribution in [0.25, 0.3) is 11.2 Å². The van der Waals surface area contributed by atoms with E-state index in [1.807, 2.05) is 0 Å². The van der Waals surface area contributed by atoms with Crippen molar-refractivity contribution in [2.45, 2.75) is 18.5 Å². The van der Waals surface area contributed by atoms with Crippen LogP contribution in [0.15, 0.2) is 30.6 Å². The number of aromatic amines is 1. The van der Waals surface area contributed by atoms with Crippen LogP contribution in [0, 0.1) is 0 Å². The fourth-order valence-corrected chi connectivity index (χ4v) is 3.19. The number of fused-ring (bicyclic) bond motifs is 1. The second-order valence-electron chi connectivity index (χ2n) is 7.30. The van der Waals surface area contributed by atoms with Gasteiger partial charge < -0.3 is 19.9 Å². The molecule has 0 spiro atoms. The molecule has 1 aliphatic heterocycles. The van der Waals surface area contributed by atoms with Crippen LogP contribution in [0.1, 0.15) is 11.1 Å². The van der Waals surface area contributed by atoms with Gasteiger partial charge in [0.2, 0.25) is 5.95 Å². The van der Waals surface area contributed by atoms with Crippen LogP contribution in [-0.4, -0.2) is 63.4 Å². The molecule has 196 valence electrons. The maximum Gasteiger partial charge on any atom is 0.490 e. The van der Waals surface area contributed by atoms with Gasteiger partial charge in [0.05, 0.1) is 16.6 Å². The Morgan fingerprint density at radius 3 is 2.03 bits per heavy atom. The van der Waals surface area contributed by atoms with Gasteiger partial charge in [0.1, 0.15) is 5.82 Å². The normalized spacial score (nSPS) is 15.0. The maximum atomic E-state index is 13.2. The van der Waals surface area contributed by atoms with Gasteiger partial charge in [-0.2, -0.15) is 44.5 Å². The fourth-order valence-electron chi connectivity index (χ4n) is 3.19. The number of imidazole rings is 1. The van der Waals surface area contributed by atoms with E-state index in [9.17, 15) is 39.5 Å². The number of anilines is 2. The molecule has 1 saturated heterocycles. The fraction of sp³-hybridized carbons (Fsp3) is 0.368. The Hall–Kier alpha value is -3.79. The molecular weight excluding hydrogens is 515 g/mol. The number of carbonyl (C=O) groups is 1. The number of halogens is 9. The van der Waals surface area contributed by atoms with Crippen LogP contribution < -0.4 is 9.80 Å². The topological polar surface area (TPSA) is 98.2 Å². The number of nitrogens with one attached hydrogen (secondary N) is 1. The first-order valence-corrected chi connectivity index (χ1v) is 9.82. The molecule has 4 rings (SSSR count). The zero-order valence-electron chi connectivity index (χ0n) is 17.7. The number of pyridine rings is 2. The molecule has 2 N–H and O–H groups in total. The van der Waals surface area contributed by atoms with E-state index in [1.54, 1.807) is 4.90 Å². The summed E-state index contributed by atoms with van der Waals surface area (Å²) in [6.45, 7) is 1.14. The van der Waals surface area contributed by atoms with E-state index < -0.39 is 35.6 Å². The maximum absolute atomic E-state index is 13.2. The summed E-state index contributed by atoms with van der Waals surface area (Å²) in [6, 6.07) is 3.15. The number of aromatic nitrogens is 4. The molecule has 0 bridgehead atoms.